The largest absolute Gasteiger partial charge is 0.469 e. The molecule has 0 aliphatic heterocycles. The van der Waals surface area contributed by atoms with Crippen LogP contribution in [0.3, 0.4) is 0 Å². The number of oxime groups is 1. The van der Waals surface area contributed by atoms with Crippen LogP contribution in [0.25, 0.3) is 0 Å². The molecule has 17 heavy (non-hydrogen) atoms. The molecule has 5 heteroatoms. The van der Waals surface area contributed by atoms with Gasteiger partial charge in [-0.15, -0.1) is 0 Å². The Morgan fingerprint density at radius 1 is 1.59 bits per heavy atom. The third-order valence-corrected chi connectivity index (χ3v) is 2.29. The minimum Gasteiger partial charge on any atom is -0.469 e. The highest BCUT2D eigenvalue weighted by Crippen LogP contribution is 2.08. The monoisotopic (exact) mass is 255 g/mol. The van der Waals surface area contributed by atoms with Gasteiger partial charge in [-0.1, -0.05) is 28.9 Å². The highest BCUT2D eigenvalue weighted by molar-refractivity contribution is 6.30. The normalized spacial score (nSPS) is 12.4. The van der Waals surface area contributed by atoms with Crippen molar-refractivity contribution in [2.75, 3.05) is 13.7 Å². The van der Waals surface area contributed by atoms with Crippen LogP contribution in [0.4, 0.5) is 0 Å². The number of hydrogen-bond donors (Lipinski definition) is 0. The fourth-order valence-electron chi connectivity index (χ4n) is 1.11. The number of benzene rings is 1. The number of carbonyl (C=O) groups is 1. The number of halogens is 1. The highest BCUT2D eigenvalue weighted by Gasteiger charge is 2.12. The van der Waals surface area contributed by atoms with Gasteiger partial charge in [0.05, 0.1) is 19.2 Å². The Labute approximate surface area is 105 Å². The summed E-state index contributed by atoms with van der Waals surface area (Å²) in [5.41, 5.74) is 0.836. The number of methoxy groups -OCH3 is 1. The van der Waals surface area contributed by atoms with Gasteiger partial charge in [0.25, 0.3) is 0 Å². The fourth-order valence-corrected chi connectivity index (χ4v) is 1.31. The molecular weight excluding hydrogens is 242 g/mol. The lowest BCUT2D eigenvalue weighted by atomic mass is 10.2. The molecule has 1 aromatic carbocycles. The molecule has 0 bridgehead atoms. The molecule has 0 unspecified atom stereocenters. The first-order valence-corrected chi connectivity index (χ1v) is 5.50. The molecule has 0 heterocycles. The third kappa shape index (κ3) is 4.87. The van der Waals surface area contributed by atoms with Gasteiger partial charge in [-0.25, -0.2) is 0 Å². The van der Waals surface area contributed by atoms with Crippen molar-refractivity contribution in [3.8, 4) is 0 Å². The summed E-state index contributed by atoms with van der Waals surface area (Å²) in [4.78, 5) is 16.0. The number of ether oxygens (including phenoxy) is 1. The maximum atomic E-state index is 11.0. The molecule has 1 aromatic rings. The summed E-state index contributed by atoms with van der Waals surface area (Å²) < 4.78 is 4.55. The second-order valence-corrected chi connectivity index (χ2v) is 3.95. The van der Waals surface area contributed by atoms with E-state index in [1.165, 1.54) is 13.3 Å². The zero-order valence-electron chi connectivity index (χ0n) is 9.72. The first-order valence-electron chi connectivity index (χ1n) is 5.12. The Hall–Kier alpha value is -1.55. The van der Waals surface area contributed by atoms with Crippen LogP contribution in [0.2, 0.25) is 5.02 Å². The van der Waals surface area contributed by atoms with Gasteiger partial charge >= 0.3 is 5.97 Å². The summed E-state index contributed by atoms with van der Waals surface area (Å²) in [6, 6.07) is 7.21. The average molecular weight is 256 g/mol. The zero-order valence-corrected chi connectivity index (χ0v) is 10.5. The summed E-state index contributed by atoms with van der Waals surface area (Å²) in [5, 5.41) is 4.38. The quantitative estimate of drug-likeness (QED) is 0.461. The van der Waals surface area contributed by atoms with Crippen molar-refractivity contribution in [3.05, 3.63) is 34.9 Å². The predicted octanol–water partition coefficient (Wildman–Crippen LogP) is 2.50. The maximum Gasteiger partial charge on any atom is 0.311 e. The number of nitrogens with zero attached hydrogens (tertiary/aromatic N) is 1. The van der Waals surface area contributed by atoms with Crippen LogP contribution in [-0.2, 0) is 14.4 Å². The van der Waals surface area contributed by atoms with Crippen molar-refractivity contribution in [2.45, 2.75) is 6.92 Å². The molecule has 0 saturated heterocycles. The Morgan fingerprint density at radius 3 is 3.00 bits per heavy atom. The van der Waals surface area contributed by atoms with E-state index in [4.69, 9.17) is 16.4 Å². The van der Waals surface area contributed by atoms with E-state index in [9.17, 15) is 4.79 Å². The molecule has 0 amide bonds. The van der Waals surface area contributed by atoms with Crippen molar-refractivity contribution in [3.63, 3.8) is 0 Å². The minimum atomic E-state index is -0.337. The first kappa shape index (κ1) is 13.5. The SMILES string of the molecule is COC(=O)[C@@H](C)CO/N=C/c1cccc(Cl)c1. The molecule has 92 valence electrons. The van der Waals surface area contributed by atoms with Crippen LogP contribution in [0.5, 0.6) is 0 Å². The van der Waals surface area contributed by atoms with Crippen molar-refractivity contribution < 1.29 is 14.4 Å². The van der Waals surface area contributed by atoms with E-state index >= 15 is 0 Å². The molecular formula is C12H14ClNO3. The van der Waals surface area contributed by atoms with E-state index in [1.54, 1.807) is 19.1 Å². The molecule has 0 aliphatic carbocycles. The minimum absolute atomic E-state index is 0.184. The summed E-state index contributed by atoms with van der Waals surface area (Å²) in [6.45, 7) is 1.89. The van der Waals surface area contributed by atoms with Crippen LogP contribution < -0.4 is 0 Å². The molecule has 0 aromatic heterocycles. The lowest BCUT2D eigenvalue weighted by molar-refractivity contribution is -0.146. The lowest BCUT2D eigenvalue weighted by Crippen LogP contribution is -2.17. The van der Waals surface area contributed by atoms with Gasteiger partial charge in [-0.2, -0.15) is 0 Å². The predicted molar refractivity (Wildman–Crippen MR) is 66.2 cm³/mol. The van der Waals surface area contributed by atoms with Gasteiger partial charge in [-0.3, -0.25) is 4.79 Å². The van der Waals surface area contributed by atoms with Gasteiger partial charge in [-0.05, 0) is 24.6 Å². The molecule has 0 fully saturated rings. The fraction of sp³-hybridized carbons (Fsp3) is 0.333. The van der Waals surface area contributed by atoms with Gasteiger partial charge in [0.15, 0.2) is 0 Å². The topological polar surface area (TPSA) is 47.9 Å². The van der Waals surface area contributed by atoms with E-state index in [-0.39, 0.29) is 18.5 Å². The van der Waals surface area contributed by atoms with Gasteiger partial charge in [0, 0.05) is 5.02 Å². The highest BCUT2D eigenvalue weighted by atomic mass is 35.5. The summed E-state index contributed by atoms with van der Waals surface area (Å²) in [6.07, 6.45) is 1.54. The number of rotatable bonds is 5. The maximum absolute atomic E-state index is 11.0. The van der Waals surface area contributed by atoms with E-state index in [0.717, 1.165) is 5.56 Å². The third-order valence-electron chi connectivity index (χ3n) is 2.05. The average Bonchev–Trinajstić information content (AvgIpc) is 2.33. The van der Waals surface area contributed by atoms with Crippen LogP contribution in [0, 0.1) is 5.92 Å². The number of esters is 1. The van der Waals surface area contributed by atoms with Crippen LogP contribution in [-0.4, -0.2) is 25.9 Å². The number of hydrogen-bond acceptors (Lipinski definition) is 4. The first-order chi connectivity index (χ1) is 8.13. The molecule has 0 aliphatic rings. The van der Waals surface area contributed by atoms with Crippen molar-refractivity contribution in [1.29, 1.82) is 0 Å². The van der Waals surface area contributed by atoms with Crippen LogP contribution in [0.1, 0.15) is 12.5 Å². The summed E-state index contributed by atoms with van der Waals surface area (Å²) >= 11 is 5.80. The molecule has 0 radical (unpaired) electrons. The van der Waals surface area contributed by atoms with Gasteiger partial charge in [0.1, 0.15) is 6.61 Å². The van der Waals surface area contributed by atoms with E-state index in [0.29, 0.717) is 5.02 Å². The summed E-state index contributed by atoms with van der Waals surface area (Å²) in [5.74, 6) is -0.653. The molecule has 1 atom stereocenters. The second kappa shape index (κ2) is 6.91. The van der Waals surface area contributed by atoms with E-state index < -0.39 is 0 Å². The van der Waals surface area contributed by atoms with Crippen molar-refractivity contribution in [2.24, 2.45) is 11.1 Å². The van der Waals surface area contributed by atoms with Crippen LogP contribution >= 0.6 is 11.6 Å². The Balaban J connectivity index is 2.38. The van der Waals surface area contributed by atoms with Crippen molar-refractivity contribution >= 4 is 23.8 Å². The molecule has 0 saturated carbocycles. The van der Waals surface area contributed by atoms with Crippen molar-refractivity contribution in [1.82, 2.24) is 0 Å². The Kier molecular flexibility index (Phi) is 5.49. The van der Waals surface area contributed by atoms with Crippen LogP contribution in [0.15, 0.2) is 29.4 Å². The zero-order chi connectivity index (χ0) is 12.7. The lowest BCUT2D eigenvalue weighted by Gasteiger charge is -2.06. The Bertz CT molecular complexity index is 406. The molecule has 0 N–H and O–H groups in total. The summed E-state index contributed by atoms with van der Waals surface area (Å²) in [7, 11) is 1.34. The molecule has 1 rings (SSSR count). The smallest absolute Gasteiger partial charge is 0.311 e. The van der Waals surface area contributed by atoms with Gasteiger partial charge in [0.2, 0.25) is 0 Å². The standard InChI is InChI=1S/C12H14ClNO3/c1-9(12(15)16-2)8-17-14-7-10-4-3-5-11(13)6-10/h3-7,9H,8H2,1-2H3/b14-7+/t9-/m0/s1. The van der Waals surface area contributed by atoms with Gasteiger partial charge < -0.3 is 9.57 Å². The Morgan fingerprint density at radius 2 is 2.35 bits per heavy atom. The number of carbonyl (C=O) groups excluding carboxylic acids is 1. The van der Waals surface area contributed by atoms with E-state index in [2.05, 4.69) is 9.89 Å². The molecule has 0 spiro atoms. The van der Waals surface area contributed by atoms with E-state index in [1.807, 2.05) is 12.1 Å². The molecule has 4 nitrogen and oxygen atoms in total. The second-order valence-electron chi connectivity index (χ2n) is 3.51.